The van der Waals surface area contributed by atoms with E-state index < -0.39 is 17.4 Å². The van der Waals surface area contributed by atoms with Gasteiger partial charge in [0.15, 0.2) is 5.11 Å². The van der Waals surface area contributed by atoms with E-state index >= 15 is 0 Å². The van der Waals surface area contributed by atoms with Crippen LogP contribution in [0.1, 0.15) is 11.1 Å². The quantitative estimate of drug-likeness (QED) is 0.526. The van der Waals surface area contributed by atoms with Crippen LogP contribution in [0.2, 0.25) is 0 Å². The molecule has 3 rings (SSSR count). The van der Waals surface area contributed by atoms with Crippen molar-refractivity contribution in [1.82, 2.24) is 5.32 Å². The number of halogens is 3. The highest BCUT2D eigenvalue weighted by molar-refractivity contribution is 7.80. The first kappa shape index (κ1) is 17.9. The molecular weight excluding hydrogens is 365 g/mol. The maximum Gasteiger partial charge on any atom is 0.417 e. The molecule has 0 saturated heterocycles. The number of hydrogen-bond acceptors (Lipinski definition) is 3. The van der Waals surface area contributed by atoms with Crippen LogP contribution < -0.4 is 16.3 Å². The van der Waals surface area contributed by atoms with Crippen molar-refractivity contribution in [2.45, 2.75) is 12.7 Å². The fourth-order valence-electron chi connectivity index (χ4n) is 2.43. The lowest BCUT2D eigenvalue weighted by Crippen LogP contribution is -2.27. The molecule has 0 spiro atoms. The SMILES string of the molecule is O=c1cc(C(F)(F)F)c2ccc(NC(=S)NCc3ccccc3)cc2o1. The highest BCUT2D eigenvalue weighted by Gasteiger charge is 2.33. The van der Waals surface area contributed by atoms with Gasteiger partial charge in [0.1, 0.15) is 5.58 Å². The molecule has 1 heterocycles. The van der Waals surface area contributed by atoms with Crippen LogP contribution in [0.3, 0.4) is 0 Å². The molecule has 0 amide bonds. The molecule has 0 unspecified atom stereocenters. The largest absolute Gasteiger partial charge is 0.423 e. The van der Waals surface area contributed by atoms with Crippen LogP contribution in [0.15, 0.2) is 63.8 Å². The molecule has 0 aliphatic rings. The number of anilines is 1. The summed E-state index contributed by atoms with van der Waals surface area (Å²) in [5.74, 6) is 0. The molecule has 0 bridgehead atoms. The van der Waals surface area contributed by atoms with Gasteiger partial charge in [-0.25, -0.2) is 4.79 Å². The van der Waals surface area contributed by atoms with Gasteiger partial charge in [0.25, 0.3) is 0 Å². The number of hydrogen-bond donors (Lipinski definition) is 2. The van der Waals surface area contributed by atoms with Gasteiger partial charge in [-0.3, -0.25) is 0 Å². The van der Waals surface area contributed by atoms with Gasteiger partial charge in [-0.2, -0.15) is 13.2 Å². The predicted octanol–water partition coefficient (Wildman–Crippen LogP) is 4.30. The monoisotopic (exact) mass is 378 g/mol. The lowest BCUT2D eigenvalue weighted by molar-refractivity contribution is -0.136. The average molecular weight is 378 g/mol. The zero-order chi connectivity index (χ0) is 18.7. The van der Waals surface area contributed by atoms with E-state index in [1.165, 1.54) is 18.2 Å². The Kier molecular flexibility index (Phi) is 4.94. The maximum atomic E-state index is 13.0. The topological polar surface area (TPSA) is 54.3 Å². The fourth-order valence-corrected chi connectivity index (χ4v) is 2.62. The summed E-state index contributed by atoms with van der Waals surface area (Å²) in [5.41, 5.74) is -0.825. The lowest BCUT2D eigenvalue weighted by Gasteiger charge is -2.12. The third-order valence-electron chi connectivity index (χ3n) is 3.60. The van der Waals surface area contributed by atoms with Crippen molar-refractivity contribution in [2.75, 3.05) is 5.32 Å². The van der Waals surface area contributed by atoms with Gasteiger partial charge in [-0.1, -0.05) is 30.3 Å². The van der Waals surface area contributed by atoms with E-state index in [2.05, 4.69) is 10.6 Å². The molecule has 0 atom stereocenters. The normalized spacial score (nSPS) is 11.3. The summed E-state index contributed by atoms with van der Waals surface area (Å²) in [6.45, 7) is 0.494. The number of benzene rings is 2. The van der Waals surface area contributed by atoms with E-state index in [-0.39, 0.29) is 11.0 Å². The molecule has 0 saturated carbocycles. The smallest absolute Gasteiger partial charge is 0.417 e. The Morgan fingerprint density at radius 2 is 1.81 bits per heavy atom. The van der Waals surface area contributed by atoms with E-state index in [0.29, 0.717) is 23.4 Å². The van der Waals surface area contributed by atoms with Crippen LogP contribution in [-0.4, -0.2) is 5.11 Å². The van der Waals surface area contributed by atoms with Crippen molar-refractivity contribution in [1.29, 1.82) is 0 Å². The molecule has 8 heteroatoms. The summed E-state index contributed by atoms with van der Waals surface area (Å²) < 4.78 is 44.0. The minimum atomic E-state index is -4.64. The minimum Gasteiger partial charge on any atom is -0.423 e. The van der Waals surface area contributed by atoms with Crippen LogP contribution in [0, 0.1) is 0 Å². The first-order valence-corrected chi connectivity index (χ1v) is 7.97. The lowest BCUT2D eigenvalue weighted by atomic mass is 10.1. The maximum absolute atomic E-state index is 13.0. The summed E-state index contributed by atoms with van der Waals surface area (Å²) in [7, 11) is 0. The summed E-state index contributed by atoms with van der Waals surface area (Å²) >= 11 is 5.17. The number of nitrogens with one attached hydrogen (secondary N) is 2. The van der Waals surface area contributed by atoms with Gasteiger partial charge in [0.2, 0.25) is 0 Å². The Labute approximate surface area is 151 Å². The Balaban J connectivity index is 1.79. The van der Waals surface area contributed by atoms with Crippen molar-refractivity contribution in [2.24, 2.45) is 0 Å². The van der Waals surface area contributed by atoms with Crippen LogP contribution in [-0.2, 0) is 12.7 Å². The number of thiocarbonyl (C=S) groups is 1. The summed E-state index contributed by atoms with van der Waals surface area (Å²) in [6, 6.07) is 14.0. The van der Waals surface area contributed by atoms with Crippen LogP contribution in [0.5, 0.6) is 0 Å². The number of rotatable bonds is 3. The third-order valence-corrected chi connectivity index (χ3v) is 3.85. The summed E-state index contributed by atoms with van der Waals surface area (Å²) in [6.07, 6.45) is -4.64. The van der Waals surface area contributed by atoms with Gasteiger partial charge >= 0.3 is 11.8 Å². The molecule has 0 aliphatic carbocycles. The molecule has 4 nitrogen and oxygen atoms in total. The van der Waals surface area contributed by atoms with E-state index in [4.69, 9.17) is 16.6 Å². The first-order valence-electron chi connectivity index (χ1n) is 7.57. The summed E-state index contributed by atoms with van der Waals surface area (Å²) in [5, 5.41) is 5.95. The first-order chi connectivity index (χ1) is 12.3. The molecule has 0 aliphatic heterocycles. The second-order valence-electron chi connectivity index (χ2n) is 5.48. The molecular formula is C18H13F3N2O2S. The molecule has 2 N–H and O–H groups in total. The van der Waals surface area contributed by atoms with Gasteiger partial charge in [-0.15, -0.1) is 0 Å². The Hall–Kier alpha value is -2.87. The highest BCUT2D eigenvalue weighted by Crippen LogP contribution is 2.34. The van der Waals surface area contributed by atoms with E-state index in [1.807, 2.05) is 30.3 Å². The van der Waals surface area contributed by atoms with Gasteiger partial charge < -0.3 is 15.1 Å². The van der Waals surface area contributed by atoms with Crippen molar-refractivity contribution in [3.8, 4) is 0 Å². The van der Waals surface area contributed by atoms with E-state index in [0.717, 1.165) is 5.56 Å². The zero-order valence-corrected chi connectivity index (χ0v) is 14.1. The van der Waals surface area contributed by atoms with Crippen LogP contribution in [0.4, 0.5) is 18.9 Å². The third kappa shape index (κ3) is 4.20. The second kappa shape index (κ2) is 7.17. The Morgan fingerprint density at radius 3 is 2.50 bits per heavy atom. The Bertz CT molecular complexity index is 1000. The van der Waals surface area contributed by atoms with Crippen LogP contribution in [0.25, 0.3) is 11.0 Å². The highest BCUT2D eigenvalue weighted by atomic mass is 32.1. The second-order valence-corrected chi connectivity index (χ2v) is 5.89. The van der Waals surface area contributed by atoms with Crippen molar-refractivity contribution >= 4 is 34.0 Å². The molecule has 0 radical (unpaired) electrons. The zero-order valence-electron chi connectivity index (χ0n) is 13.3. The molecule has 3 aromatic rings. The van der Waals surface area contributed by atoms with Gasteiger partial charge in [0, 0.05) is 29.8 Å². The van der Waals surface area contributed by atoms with Crippen LogP contribution >= 0.6 is 12.2 Å². The average Bonchev–Trinajstić information content (AvgIpc) is 2.59. The van der Waals surface area contributed by atoms with E-state index in [1.54, 1.807) is 0 Å². The molecule has 0 fully saturated rings. The predicted molar refractivity (Wildman–Crippen MR) is 97.0 cm³/mol. The molecule has 2 aromatic carbocycles. The summed E-state index contributed by atoms with van der Waals surface area (Å²) in [4.78, 5) is 11.4. The van der Waals surface area contributed by atoms with Crippen molar-refractivity contribution in [3.63, 3.8) is 0 Å². The van der Waals surface area contributed by atoms with Crippen molar-refractivity contribution < 1.29 is 17.6 Å². The van der Waals surface area contributed by atoms with Crippen molar-refractivity contribution in [3.05, 3.63) is 76.1 Å². The Morgan fingerprint density at radius 1 is 1.08 bits per heavy atom. The van der Waals surface area contributed by atoms with Gasteiger partial charge in [0.05, 0.1) is 5.56 Å². The molecule has 1 aromatic heterocycles. The van der Waals surface area contributed by atoms with Gasteiger partial charge in [-0.05, 0) is 29.9 Å². The number of alkyl halides is 3. The fraction of sp³-hybridized carbons (Fsp3) is 0.111. The van der Waals surface area contributed by atoms with E-state index in [9.17, 15) is 18.0 Å². The molecule has 26 heavy (non-hydrogen) atoms. The standard InChI is InChI=1S/C18H13F3N2O2S/c19-18(20,21)14-9-16(24)25-15-8-12(6-7-13(14)15)23-17(26)22-10-11-4-2-1-3-5-11/h1-9H,10H2,(H2,22,23,26). The molecule has 134 valence electrons. The number of fused-ring (bicyclic) bond motifs is 1. The minimum absolute atomic E-state index is 0.166.